The van der Waals surface area contributed by atoms with Crippen LogP contribution in [0, 0.1) is 6.92 Å². The van der Waals surface area contributed by atoms with E-state index in [1.807, 2.05) is 13.0 Å². The highest BCUT2D eigenvalue weighted by atomic mass is 35.5. The van der Waals surface area contributed by atoms with Crippen LogP contribution in [0.5, 0.6) is 0 Å². The summed E-state index contributed by atoms with van der Waals surface area (Å²) in [5, 5.41) is 9.67. The summed E-state index contributed by atoms with van der Waals surface area (Å²) in [6.45, 7) is 1.94. The number of rotatable bonds is 3. The number of nitrogens with zero attached hydrogens (tertiary/aromatic N) is 3. The number of pyridine rings is 1. The second-order valence-electron chi connectivity index (χ2n) is 2.84. The zero-order valence-corrected chi connectivity index (χ0v) is 10.4. The molecule has 2 aromatic rings. The predicted octanol–water partition coefficient (Wildman–Crippen LogP) is 3.19. The van der Waals surface area contributed by atoms with Crippen molar-refractivity contribution in [2.75, 3.05) is 0 Å². The number of hydrogen-bond donors (Lipinski definition) is 0. The average Bonchev–Trinajstić information content (AvgIpc) is 2.62. The van der Waals surface area contributed by atoms with E-state index in [1.54, 1.807) is 35.4 Å². The fraction of sp³-hybridized carbons (Fsp3) is 0.222. The van der Waals surface area contributed by atoms with Gasteiger partial charge in [-0.15, -0.1) is 10.2 Å². The van der Waals surface area contributed by atoms with Crippen molar-refractivity contribution in [1.82, 2.24) is 15.2 Å². The van der Waals surface area contributed by atoms with Crippen LogP contribution < -0.4 is 0 Å². The van der Waals surface area contributed by atoms with Crippen LogP contribution >= 0.6 is 34.7 Å². The van der Waals surface area contributed by atoms with Crippen molar-refractivity contribution in [1.29, 1.82) is 0 Å². The normalized spacial score (nSPS) is 10.5. The Balaban J connectivity index is 1.99. The lowest BCUT2D eigenvalue weighted by atomic mass is 10.4. The summed E-state index contributed by atoms with van der Waals surface area (Å²) in [6.07, 6.45) is 1.71. The first-order valence-corrected chi connectivity index (χ1v) is 6.45. The van der Waals surface area contributed by atoms with Gasteiger partial charge in [0.15, 0.2) is 4.34 Å². The van der Waals surface area contributed by atoms with E-state index in [4.69, 9.17) is 11.6 Å². The van der Waals surface area contributed by atoms with Crippen molar-refractivity contribution in [3.63, 3.8) is 0 Å². The van der Waals surface area contributed by atoms with Crippen LogP contribution in [0.3, 0.4) is 0 Å². The third kappa shape index (κ3) is 3.15. The lowest BCUT2D eigenvalue weighted by molar-refractivity contribution is 0.983. The molecule has 0 aliphatic rings. The Hall–Kier alpha value is -0.650. The molecule has 15 heavy (non-hydrogen) atoms. The van der Waals surface area contributed by atoms with E-state index >= 15 is 0 Å². The van der Waals surface area contributed by atoms with Crippen molar-refractivity contribution < 1.29 is 0 Å². The molecule has 0 saturated heterocycles. The minimum absolute atomic E-state index is 0.717. The van der Waals surface area contributed by atoms with Gasteiger partial charge < -0.3 is 0 Å². The van der Waals surface area contributed by atoms with Gasteiger partial charge in [-0.1, -0.05) is 34.7 Å². The van der Waals surface area contributed by atoms with Crippen molar-refractivity contribution in [3.05, 3.63) is 34.1 Å². The SMILES string of the molecule is Cc1nnc(SCc2cc(Cl)ccn2)s1. The molecule has 6 heteroatoms. The molecule has 0 fully saturated rings. The molecule has 0 radical (unpaired) electrons. The molecule has 2 rings (SSSR count). The largest absolute Gasteiger partial charge is 0.260 e. The maximum Gasteiger partial charge on any atom is 0.174 e. The van der Waals surface area contributed by atoms with E-state index in [0.717, 1.165) is 20.8 Å². The Labute approximate surface area is 101 Å². The van der Waals surface area contributed by atoms with Gasteiger partial charge in [0, 0.05) is 17.0 Å². The van der Waals surface area contributed by atoms with Crippen LogP contribution in [0.25, 0.3) is 0 Å². The van der Waals surface area contributed by atoms with Gasteiger partial charge in [0.2, 0.25) is 0 Å². The molecule has 0 spiro atoms. The molecular formula is C9H8ClN3S2. The molecule has 3 nitrogen and oxygen atoms in total. The second-order valence-corrected chi connectivity index (χ2v) is 5.68. The molecule has 0 amide bonds. The summed E-state index contributed by atoms with van der Waals surface area (Å²) in [6, 6.07) is 3.63. The van der Waals surface area contributed by atoms with Crippen molar-refractivity contribution in [2.24, 2.45) is 0 Å². The fourth-order valence-electron chi connectivity index (χ4n) is 1.00. The summed E-state index contributed by atoms with van der Waals surface area (Å²) >= 11 is 9.07. The summed E-state index contributed by atoms with van der Waals surface area (Å²) in [4.78, 5) is 4.21. The first-order valence-electron chi connectivity index (χ1n) is 4.27. The summed E-state index contributed by atoms with van der Waals surface area (Å²) < 4.78 is 0.967. The standard InChI is InChI=1S/C9H8ClN3S2/c1-6-12-13-9(15-6)14-5-8-4-7(10)2-3-11-8/h2-4H,5H2,1H3. The molecule has 2 aromatic heterocycles. The van der Waals surface area contributed by atoms with E-state index < -0.39 is 0 Å². The van der Waals surface area contributed by atoms with Gasteiger partial charge in [-0.2, -0.15) is 0 Å². The minimum atomic E-state index is 0.717. The van der Waals surface area contributed by atoms with E-state index in [0.29, 0.717) is 5.02 Å². The molecule has 78 valence electrons. The van der Waals surface area contributed by atoms with E-state index in [9.17, 15) is 0 Å². The first kappa shape index (κ1) is 10.9. The Morgan fingerprint density at radius 1 is 1.47 bits per heavy atom. The third-order valence-electron chi connectivity index (χ3n) is 1.63. The van der Waals surface area contributed by atoms with Crippen LogP contribution in [0.1, 0.15) is 10.7 Å². The fourth-order valence-corrected chi connectivity index (χ4v) is 2.90. The highest BCUT2D eigenvalue weighted by molar-refractivity contribution is 8.00. The van der Waals surface area contributed by atoms with E-state index in [-0.39, 0.29) is 0 Å². The molecular weight excluding hydrogens is 250 g/mol. The Morgan fingerprint density at radius 2 is 2.33 bits per heavy atom. The lowest BCUT2D eigenvalue weighted by Crippen LogP contribution is -1.85. The van der Waals surface area contributed by atoms with Gasteiger partial charge in [-0.3, -0.25) is 4.98 Å². The Morgan fingerprint density at radius 3 is 3.00 bits per heavy atom. The topological polar surface area (TPSA) is 38.7 Å². The number of aromatic nitrogens is 3. The van der Waals surface area contributed by atoms with Gasteiger partial charge in [0.05, 0.1) is 5.69 Å². The molecule has 0 N–H and O–H groups in total. The maximum absolute atomic E-state index is 5.86. The molecule has 0 aromatic carbocycles. The summed E-state index contributed by atoms with van der Waals surface area (Å²) in [5.74, 6) is 0.773. The van der Waals surface area contributed by atoms with Crippen molar-refractivity contribution in [3.8, 4) is 0 Å². The van der Waals surface area contributed by atoms with Crippen LogP contribution in [0.2, 0.25) is 5.02 Å². The van der Waals surface area contributed by atoms with Gasteiger partial charge in [-0.05, 0) is 19.1 Å². The molecule has 0 bridgehead atoms. The number of thioether (sulfide) groups is 1. The van der Waals surface area contributed by atoms with Gasteiger partial charge >= 0.3 is 0 Å². The van der Waals surface area contributed by atoms with Gasteiger partial charge in [-0.25, -0.2) is 0 Å². The number of aryl methyl sites for hydroxylation is 1. The first-order chi connectivity index (χ1) is 7.24. The molecule has 0 unspecified atom stereocenters. The van der Waals surface area contributed by atoms with Gasteiger partial charge in [0.25, 0.3) is 0 Å². The smallest absolute Gasteiger partial charge is 0.174 e. The summed E-state index contributed by atoms with van der Waals surface area (Å²) in [7, 11) is 0. The zero-order chi connectivity index (χ0) is 10.7. The molecule has 0 saturated carbocycles. The monoisotopic (exact) mass is 257 g/mol. The average molecular weight is 258 g/mol. The molecule has 0 aliphatic carbocycles. The third-order valence-corrected chi connectivity index (χ3v) is 3.87. The van der Waals surface area contributed by atoms with Gasteiger partial charge in [0.1, 0.15) is 5.01 Å². The predicted molar refractivity (Wildman–Crippen MR) is 63.5 cm³/mol. The zero-order valence-electron chi connectivity index (χ0n) is 7.98. The summed E-state index contributed by atoms with van der Waals surface area (Å²) in [5.41, 5.74) is 0.959. The lowest BCUT2D eigenvalue weighted by Gasteiger charge is -1.97. The maximum atomic E-state index is 5.86. The van der Waals surface area contributed by atoms with Crippen LogP contribution in [0.15, 0.2) is 22.7 Å². The number of hydrogen-bond acceptors (Lipinski definition) is 5. The quantitative estimate of drug-likeness (QED) is 0.792. The van der Waals surface area contributed by atoms with E-state index in [2.05, 4.69) is 15.2 Å². The van der Waals surface area contributed by atoms with Crippen LogP contribution in [-0.4, -0.2) is 15.2 Å². The Bertz CT molecular complexity index is 458. The molecule has 0 aliphatic heterocycles. The van der Waals surface area contributed by atoms with Crippen molar-refractivity contribution in [2.45, 2.75) is 17.0 Å². The highest BCUT2D eigenvalue weighted by Crippen LogP contribution is 2.25. The Kier molecular flexibility index (Phi) is 3.56. The second kappa shape index (κ2) is 4.92. The molecule has 2 heterocycles. The van der Waals surface area contributed by atoms with E-state index in [1.165, 1.54) is 0 Å². The molecule has 0 atom stereocenters. The number of halogens is 1. The minimum Gasteiger partial charge on any atom is -0.260 e. The van der Waals surface area contributed by atoms with Crippen LogP contribution in [0.4, 0.5) is 0 Å². The van der Waals surface area contributed by atoms with Crippen LogP contribution in [-0.2, 0) is 5.75 Å². The van der Waals surface area contributed by atoms with Crippen molar-refractivity contribution >= 4 is 34.7 Å². The highest BCUT2D eigenvalue weighted by Gasteiger charge is 2.02.